The van der Waals surface area contributed by atoms with Crippen molar-refractivity contribution in [1.82, 2.24) is 9.62 Å². The monoisotopic (exact) mass is 478 g/mol. The molecule has 3 rings (SSSR count). The average Bonchev–Trinajstić information content (AvgIpc) is 2.75. The van der Waals surface area contributed by atoms with Gasteiger partial charge in [0.15, 0.2) is 0 Å². The first-order chi connectivity index (χ1) is 15.2. The van der Waals surface area contributed by atoms with Crippen LogP contribution in [0.5, 0.6) is 0 Å². The standard InChI is InChI=1S/C23H21ClF2N2O3S/c1-16(17-6-10-20(25)11-7-17)27-23(29)15-28(14-18-4-2-3-5-22(18)26)32(30,31)21-12-8-19(24)9-13-21/h2-13,16H,14-15H2,1H3,(H,27,29)/t16-/m0/s1. The molecule has 1 N–H and O–H groups in total. The van der Waals surface area contributed by atoms with Gasteiger partial charge in [0.25, 0.3) is 0 Å². The first-order valence-electron chi connectivity index (χ1n) is 9.71. The van der Waals surface area contributed by atoms with Crippen molar-refractivity contribution in [2.75, 3.05) is 6.54 Å². The summed E-state index contributed by atoms with van der Waals surface area (Å²) in [4.78, 5) is 12.6. The molecule has 0 radical (unpaired) electrons. The average molecular weight is 479 g/mol. The van der Waals surface area contributed by atoms with Crippen LogP contribution in [0.15, 0.2) is 77.7 Å². The first kappa shape index (κ1) is 23.8. The van der Waals surface area contributed by atoms with Crippen LogP contribution in [-0.4, -0.2) is 25.2 Å². The lowest BCUT2D eigenvalue weighted by atomic mass is 10.1. The molecule has 0 aliphatic rings. The predicted molar refractivity (Wildman–Crippen MR) is 118 cm³/mol. The Bertz CT molecular complexity index is 1190. The Kier molecular flexibility index (Phi) is 7.60. The molecule has 0 unspecified atom stereocenters. The van der Waals surface area contributed by atoms with E-state index in [1.54, 1.807) is 13.0 Å². The molecule has 168 valence electrons. The Hall–Kier alpha value is -2.81. The summed E-state index contributed by atoms with van der Waals surface area (Å²) >= 11 is 5.86. The largest absolute Gasteiger partial charge is 0.348 e. The second kappa shape index (κ2) is 10.2. The van der Waals surface area contributed by atoms with Crippen LogP contribution in [0.1, 0.15) is 24.1 Å². The van der Waals surface area contributed by atoms with E-state index >= 15 is 0 Å². The Morgan fingerprint density at radius 3 is 2.25 bits per heavy atom. The SMILES string of the molecule is C[C@H](NC(=O)CN(Cc1ccccc1F)S(=O)(=O)c1ccc(Cl)cc1)c1ccc(F)cc1. The first-order valence-corrected chi connectivity index (χ1v) is 11.5. The maximum absolute atomic E-state index is 14.2. The summed E-state index contributed by atoms with van der Waals surface area (Å²) in [6.07, 6.45) is 0. The molecule has 0 spiro atoms. The molecule has 3 aromatic rings. The Morgan fingerprint density at radius 2 is 1.62 bits per heavy atom. The zero-order valence-electron chi connectivity index (χ0n) is 17.1. The van der Waals surface area contributed by atoms with E-state index in [0.717, 1.165) is 4.31 Å². The minimum Gasteiger partial charge on any atom is -0.348 e. The van der Waals surface area contributed by atoms with Gasteiger partial charge >= 0.3 is 0 Å². The summed E-state index contributed by atoms with van der Waals surface area (Å²) in [5.74, 6) is -1.57. The summed E-state index contributed by atoms with van der Waals surface area (Å²) < 4.78 is 54.7. The maximum atomic E-state index is 14.2. The highest BCUT2D eigenvalue weighted by atomic mass is 35.5. The molecule has 3 aromatic carbocycles. The third-order valence-electron chi connectivity index (χ3n) is 4.82. The third kappa shape index (κ3) is 5.91. The molecule has 0 aliphatic carbocycles. The Morgan fingerprint density at radius 1 is 1.00 bits per heavy atom. The van der Waals surface area contributed by atoms with Crippen LogP contribution in [0.25, 0.3) is 0 Å². The molecule has 0 saturated heterocycles. The van der Waals surface area contributed by atoms with Gasteiger partial charge in [-0.1, -0.05) is 41.9 Å². The molecule has 1 atom stereocenters. The summed E-state index contributed by atoms with van der Waals surface area (Å²) in [5.41, 5.74) is 0.783. The van der Waals surface area contributed by atoms with E-state index < -0.39 is 40.2 Å². The summed E-state index contributed by atoms with van der Waals surface area (Å²) in [6, 6.07) is 16.4. The lowest BCUT2D eigenvalue weighted by molar-refractivity contribution is -0.122. The van der Waals surface area contributed by atoms with Crippen LogP contribution >= 0.6 is 11.6 Å². The van der Waals surface area contributed by atoms with Crippen LogP contribution in [0.2, 0.25) is 5.02 Å². The van der Waals surface area contributed by atoms with E-state index in [9.17, 15) is 22.0 Å². The highest BCUT2D eigenvalue weighted by Crippen LogP contribution is 2.22. The van der Waals surface area contributed by atoms with Gasteiger partial charge in [0.2, 0.25) is 15.9 Å². The molecule has 9 heteroatoms. The molecule has 0 saturated carbocycles. The number of benzene rings is 3. The van der Waals surface area contributed by atoms with Gasteiger partial charge < -0.3 is 5.32 Å². The number of hydrogen-bond acceptors (Lipinski definition) is 3. The Labute approximate surface area is 190 Å². The molecule has 0 aromatic heterocycles. The zero-order valence-corrected chi connectivity index (χ0v) is 18.7. The number of amides is 1. The molecule has 5 nitrogen and oxygen atoms in total. The Balaban J connectivity index is 1.84. The number of carbonyl (C=O) groups excluding carboxylic acids is 1. The molecular formula is C23H21ClF2N2O3S. The summed E-state index contributed by atoms with van der Waals surface area (Å²) in [7, 11) is -4.14. The van der Waals surface area contributed by atoms with Crippen molar-refractivity contribution in [1.29, 1.82) is 0 Å². The van der Waals surface area contributed by atoms with Crippen molar-refractivity contribution in [3.63, 3.8) is 0 Å². The molecule has 0 fully saturated rings. The molecule has 0 aliphatic heterocycles. The fraction of sp³-hybridized carbons (Fsp3) is 0.174. The van der Waals surface area contributed by atoms with Gasteiger partial charge in [-0.15, -0.1) is 0 Å². The topological polar surface area (TPSA) is 66.5 Å². The number of rotatable bonds is 8. The van der Waals surface area contributed by atoms with E-state index in [-0.39, 0.29) is 17.0 Å². The lowest BCUT2D eigenvalue weighted by Crippen LogP contribution is -2.41. The molecule has 1 amide bonds. The fourth-order valence-electron chi connectivity index (χ4n) is 3.08. The molecular weight excluding hydrogens is 458 g/mol. The number of sulfonamides is 1. The van der Waals surface area contributed by atoms with E-state index in [1.807, 2.05) is 0 Å². The van der Waals surface area contributed by atoms with Crippen molar-refractivity contribution in [2.45, 2.75) is 24.4 Å². The highest BCUT2D eigenvalue weighted by Gasteiger charge is 2.28. The van der Waals surface area contributed by atoms with E-state index in [0.29, 0.717) is 10.6 Å². The van der Waals surface area contributed by atoms with Crippen molar-refractivity contribution in [3.8, 4) is 0 Å². The second-order valence-electron chi connectivity index (χ2n) is 7.16. The molecule has 0 heterocycles. The highest BCUT2D eigenvalue weighted by molar-refractivity contribution is 7.89. The van der Waals surface area contributed by atoms with Crippen molar-refractivity contribution in [3.05, 3.63) is 101 Å². The zero-order chi connectivity index (χ0) is 23.3. The minimum atomic E-state index is -4.14. The minimum absolute atomic E-state index is 0.0716. The van der Waals surface area contributed by atoms with Gasteiger partial charge in [-0.05, 0) is 55.0 Å². The quantitative estimate of drug-likeness (QED) is 0.511. The number of halogens is 3. The van der Waals surface area contributed by atoms with Gasteiger partial charge in [-0.2, -0.15) is 4.31 Å². The van der Waals surface area contributed by atoms with Gasteiger partial charge in [-0.25, -0.2) is 17.2 Å². The van der Waals surface area contributed by atoms with Crippen LogP contribution < -0.4 is 5.32 Å². The number of carbonyl (C=O) groups is 1. The van der Waals surface area contributed by atoms with Crippen molar-refractivity contribution >= 4 is 27.5 Å². The number of nitrogens with one attached hydrogen (secondary N) is 1. The fourth-order valence-corrected chi connectivity index (χ4v) is 4.58. The molecule has 0 bridgehead atoms. The van der Waals surface area contributed by atoms with Crippen LogP contribution in [0, 0.1) is 11.6 Å². The van der Waals surface area contributed by atoms with Gasteiger partial charge in [0, 0.05) is 17.1 Å². The van der Waals surface area contributed by atoms with Crippen LogP contribution in [0.4, 0.5) is 8.78 Å². The third-order valence-corrected chi connectivity index (χ3v) is 6.88. The van der Waals surface area contributed by atoms with Crippen molar-refractivity contribution in [2.24, 2.45) is 0 Å². The van der Waals surface area contributed by atoms with Gasteiger partial charge in [0.1, 0.15) is 11.6 Å². The molecule has 32 heavy (non-hydrogen) atoms. The lowest BCUT2D eigenvalue weighted by Gasteiger charge is -2.23. The summed E-state index contributed by atoms with van der Waals surface area (Å²) in [6.45, 7) is 0.820. The second-order valence-corrected chi connectivity index (χ2v) is 9.53. The predicted octanol–water partition coefficient (Wildman–Crippen LogP) is 4.69. The summed E-state index contributed by atoms with van der Waals surface area (Å²) in [5, 5.41) is 3.05. The van der Waals surface area contributed by atoms with E-state index in [2.05, 4.69) is 5.32 Å². The van der Waals surface area contributed by atoms with Crippen molar-refractivity contribution < 1.29 is 22.0 Å². The normalized spacial score (nSPS) is 12.5. The number of hydrogen-bond donors (Lipinski definition) is 1. The van der Waals surface area contributed by atoms with Crippen LogP contribution in [0.3, 0.4) is 0 Å². The van der Waals surface area contributed by atoms with Gasteiger partial charge in [0.05, 0.1) is 17.5 Å². The van der Waals surface area contributed by atoms with Gasteiger partial charge in [-0.3, -0.25) is 4.79 Å². The van der Waals surface area contributed by atoms with Crippen LogP contribution in [-0.2, 0) is 21.4 Å². The number of nitrogens with zero attached hydrogens (tertiary/aromatic N) is 1. The smallest absolute Gasteiger partial charge is 0.243 e. The maximum Gasteiger partial charge on any atom is 0.243 e. The van der Waals surface area contributed by atoms with E-state index in [1.165, 1.54) is 66.7 Å². The van der Waals surface area contributed by atoms with E-state index in [4.69, 9.17) is 11.6 Å².